The van der Waals surface area contributed by atoms with Gasteiger partial charge in [0.1, 0.15) is 0 Å². The van der Waals surface area contributed by atoms with Crippen molar-refractivity contribution in [3.63, 3.8) is 0 Å². The Morgan fingerprint density at radius 2 is 1.18 bits per heavy atom. The Morgan fingerprint density at radius 1 is 1.09 bits per heavy atom. The van der Waals surface area contributed by atoms with Gasteiger partial charge >= 0.3 is 0 Å². The largest absolute Gasteiger partial charge is 0.388 e. The summed E-state index contributed by atoms with van der Waals surface area (Å²) >= 11 is 0. The van der Waals surface area contributed by atoms with Gasteiger partial charge in [0.25, 0.3) is 0 Å². The van der Waals surface area contributed by atoms with Crippen molar-refractivity contribution < 1.29 is 0 Å². The Labute approximate surface area is 75.7 Å². The van der Waals surface area contributed by atoms with Gasteiger partial charge in [0.05, 0.1) is 13.7 Å². The molecule has 0 fully saturated rings. The summed E-state index contributed by atoms with van der Waals surface area (Å²) in [5, 5.41) is 0. The van der Waals surface area contributed by atoms with Crippen molar-refractivity contribution in [2.24, 2.45) is 10.7 Å². The second kappa shape index (κ2) is 55.6. The third-order valence-electron chi connectivity index (χ3n) is 0.353. The van der Waals surface area contributed by atoms with Crippen LogP contribution in [-0.2, 0) is 0 Å². The fourth-order valence-electron chi connectivity index (χ4n) is 0. The highest BCUT2D eigenvalue weighted by molar-refractivity contribution is 6.05. The first-order valence-electron chi connectivity index (χ1n) is 2.04. The Hall–Kier alpha value is -0.465. The van der Waals surface area contributed by atoms with Crippen LogP contribution in [0.2, 0.25) is 6.82 Å². The van der Waals surface area contributed by atoms with Crippen LogP contribution in [0.4, 0.5) is 0 Å². The maximum atomic E-state index is 5.04. The Morgan fingerprint density at radius 3 is 1.18 bits per heavy atom. The lowest BCUT2D eigenvalue weighted by molar-refractivity contribution is 1.38. The molecule has 0 atom stereocenters. The highest BCUT2D eigenvalue weighted by Crippen LogP contribution is 1.52. The smallest absolute Gasteiger partial charge is 0.0902 e. The van der Waals surface area contributed by atoms with E-state index in [2.05, 4.69) is 12.8 Å². The average Bonchev–Trinajstić information content (AvgIpc) is 1.73. The lowest BCUT2D eigenvalue weighted by Crippen LogP contribution is -2.03. The maximum Gasteiger partial charge on any atom is 0.0902 e. The van der Waals surface area contributed by atoms with Crippen molar-refractivity contribution in [1.29, 1.82) is 0 Å². The lowest BCUT2D eigenvalue weighted by Gasteiger charge is -1.76. The Balaban J connectivity index is -0.00000000972. The minimum atomic E-state index is 0. The first-order chi connectivity index (χ1) is 3.27. The molecule has 11 heavy (non-hydrogen) atoms. The minimum Gasteiger partial charge on any atom is -0.388 e. The van der Waals surface area contributed by atoms with Crippen molar-refractivity contribution in [1.82, 2.24) is 0 Å². The van der Waals surface area contributed by atoms with Gasteiger partial charge in [-0.3, -0.25) is 4.99 Å². The molecule has 0 aromatic carbocycles. The summed E-state index contributed by atoms with van der Waals surface area (Å²) in [7, 11) is 6.16. The number of hydrogen-bond acceptors (Lipinski definition) is 1. The van der Waals surface area contributed by atoms with Gasteiger partial charge in [-0.25, -0.2) is 0 Å². The molecule has 3 heteroatoms. The molecule has 72 valence electrons. The Bertz CT molecular complexity index is 50.1. The fourth-order valence-corrected chi connectivity index (χ4v) is 0. The zero-order valence-electron chi connectivity index (χ0n) is 5.10. The van der Waals surface area contributed by atoms with Gasteiger partial charge in [-0.05, 0) is 6.92 Å². The molecule has 0 amide bonds. The number of aliphatic imine (C=N–C) groups is 1. The van der Waals surface area contributed by atoms with Gasteiger partial charge in [-0.15, -0.1) is 0 Å². The van der Waals surface area contributed by atoms with Gasteiger partial charge in [0, 0.05) is 7.05 Å². The van der Waals surface area contributed by atoms with Crippen LogP contribution in [-0.4, -0.2) is 20.7 Å². The first-order valence-corrected chi connectivity index (χ1v) is 2.04. The molecule has 0 spiro atoms. The number of nitrogens with zero attached hydrogens (tertiary/aromatic N) is 1. The molecule has 2 nitrogen and oxygen atoms in total. The Kier molecular flexibility index (Phi) is 235. The van der Waals surface area contributed by atoms with Crippen LogP contribution in [0.5, 0.6) is 0 Å². The van der Waals surface area contributed by atoms with Crippen LogP contribution in [0, 0.1) is 0 Å². The monoisotopic (exact) mass is 162 g/mol. The van der Waals surface area contributed by atoms with Crippen LogP contribution in [0.1, 0.15) is 36.6 Å². The summed E-state index contributed by atoms with van der Waals surface area (Å²) in [6.45, 7) is 3.25. The molecule has 0 aromatic heterocycles. The molecule has 2 N–H and O–H groups in total. The summed E-state index contributed by atoms with van der Waals surface area (Å²) < 4.78 is 0. The van der Waals surface area contributed by atoms with Gasteiger partial charge in [0.15, 0.2) is 0 Å². The van der Waals surface area contributed by atoms with Crippen LogP contribution in [0.25, 0.3) is 0 Å². The predicted octanol–water partition coefficient (Wildman–Crippen LogP) is 2.74. The van der Waals surface area contributed by atoms with Crippen molar-refractivity contribution in [3.8, 4) is 0 Å². The average molecular weight is 162 g/mol. The van der Waals surface area contributed by atoms with Gasteiger partial charge in [-0.2, -0.15) is 0 Å². The second-order valence-corrected chi connectivity index (χ2v) is 0.865. The summed E-state index contributed by atoms with van der Waals surface area (Å²) in [6, 6.07) is 0. The molecule has 0 aliphatic carbocycles. The molecule has 0 rings (SSSR count). The number of amidine groups is 1. The van der Waals surface area contributed by atoms with E-state index in [1.54, 1.807) is 14.0 Å². The van der Waals surface area contributed by atoms with E-state index in [0.717, 1.165) is 0 Å². The summed E-state index contributed by atoms with van der Waals surface area (Å²) in [5.74, 6) is 0.630. The molecule has 0 aliphatic heterocycles. The van der Waals surface area contributed by atoms with Gasteiger partial charge in [-0.1, -0.05) is 36.5 Å². The molecule has 0 saturated carbocycles. The van der Waals surface area contributed by atoms with E-state index in [-0.39, 0.29) is 29.7 Å². The maximum absolute atomic E-state index is 5.04. The number of nitrogens with two attached hydrogens (primary N) is 1. The highest BCUT2D eigenvalue weighted by Gasteiger charge is 1.61. The van der Waals surface area contributed by atoms with Crippen molar-refractivity contribution in [3.05, 3.63) is 0 Å². The van der Waals surface area contributed by atoms with Crippen molar-refractivity contribution >= 4 is 13.7 Å². The van der Waals surface area contributed by atoms with Gasteiger partial charge < -0.3 is 5.73 Å². The molecule has 0 bridgehead atoms. The molecule has 0 heterocycles. The van der Waals surface area contributed by atoms with Crippen LogP contribution < -0.4 is 5.73 Å². The third kappa shape index (κ3) is 230. The first kappa shape index (κ1) is 46.6. The molecule has 2 radical (unpaired) electrons. The van der Waals surface area contributed by atoms with E-state index in [9.17, 15) is 0 Å². The summed E-state index contributed by atoms with van der Waals surface area (Å²) in [6.07, 6.45) is 0. The van der Waals surface area contributed by atoms with E-state index in [0.29, 0.717) is 5.84 Å². The summed E-state index contributed by atoms with van der Waals surface area (Å²) in [4.78, 5) is 3.58. The van der Waals surface area contributed by atoms with E-state index < -0.39 is 0 Å². The van der Waals surface area contributed by atoms with Crippen LogP contribution in [0.3, 0.4) is 0 Å². The van der Waals surface area contributed by atoms with E-state index in [1.807, 2.05) is 0 Å². The number of rotatable bonds is 0. The highest BCUT2D eigenvalue weighted by atomic mass is 14.8. The molecule has 0 unspecified atom stereocenters. The molecular formula is C8H27BN2. The lowest BCUT2D eigenvalue weighted by atomic mass is 10.2. The van der Waals surface area contributed by atoms with Crippen molar-refractivity contribution in [2.45, 2.75) is 43.5 Å². The van der Waals surface area contributed by atoms with Crippen LogP contribution >= 0.6 is 0 Å². The molecule has 0 saturated heterocycles. The third-order valence-corrected chi connectivity index (χ3v) is 0.353. The standard InChI is InChI=1S/C3H8N2.CH3B.4CH4/c1-3(4)5-2;1-2;;;;/h1-2H3,(H2,4,5);1H3;4*1H4. The topological polar surface area (TPSA) is 38.4 Å². The molecule has 0 aromatic rings. The predicted molar refractivity (Wildman–Crippen MR) is 61.8 cm³/mol. The second-order valence-electron chi connectivity index (χ2n) is 0.865. The van der Waals surface area contributed by atoms with Gasteiger partial charge in [0.2, 0.25) is 0 Å². The summed E-state index contributed by atoms with van der Waals surface area (Å²) in [5.41, 5.74) is 5.04. The van der Waals surface area contributed by atoms with E-state index in [1.165, 1.54) is 6.82 Å². The minimum absolute atomic E-state index is 0. The van der Waals surface area contributed by atoms with Crippen LogP contribution in [0.15, 0.2) is 4.99 Å². The molecular weight excluding hydrogens is 135 g/mol. The fraction of sp³-hybridized carbons (Fsp3) is 0.875. The van der Waals surface area contributed by atoms with E-state index in [4.69, 9.17) is 5.73 Å². The van der Waals surface area contributed by atoms with Crippen molar-refractivity contribution in [2.75, 3.05) is 7.05 Å². The SMILES string of the molecule is C.C.C.C.CN=C(C)N.[B]C. The zero-order chi connectivity index (χ0) is 6.28. The number of hydrogen-bond donors (Lipinski definition) is 1. The quantitative estimate of drug-likeness (QED) is 0.332. The normalized spacial score (nSPS) is 5.91. The van der Waals surface area contributed by atoms with E-state index >= 15 is 0 Å². The zero-order valence-corrected chi connectivity index (χ0v) is 5.10. The molecule has 0 aliphatic rings.